The molecule has 1 amide bonds. The highest BCUT2D eigenvalue weighted by molar-refractivity contribution is 6.11. The second kappa shape index (κ2) is 5.76. The van der Waals surface area contributed by atoms with Crippen LogP contribution in [0.3, 0.4) is 0 Å². The fourth-order valence-electron chi connectivity index (χ4n) is 4.04. The van der Waals surface area contributed by atoms with Gasteiger partial charge in [0.05, 0.1) is 22.5 Å². The van der Waals surface area contributed by atoms with Gasteiger partial charge in [-0.1, -0.05) is 24.3 Å². The first-order valence-electron chi connectivity index (χ1n) is 9.23. The molecule has 1 aliphatic carbocycles. The Morgan fingerprint density at radius 2 is 1.93 bits per heavy atom. The number of carbonyl (C=O) groups excluding carboxylic acids is 1. The van der Waals surface area contributed by atoms with Crippen LogP contribution in [0.15, 0.2) is 36.4 Å². The number of aliphatic hydroxyl groups excluding tert-OH is 1. The topological polar surface area (TPSA) is 92.3 Å². The predicted molar refractivity (Wildman–Crippen MR) is 103 cm³/mol. The van der Waals surface area contributed by atoms with E-state index in [1.807, 2.05) is 43.3 Å². The summed E-state index contributed by atoms with van der Waals surface area (Å²) in [5.74, 6) is -0.215. The highest BCUT2D eigenvalue weighted by Crippen LogP contribution is 2.43. The van der Waals surface area contributed by atoms with Gasteiger partial charge in [-0.05, 0) is 38.3 Å². The van der Waals surface area contributed by atoms with Crippen LogP contribution in [0.1, 0.15) is 47.2 Å². The third-order valence-corrected chi connectivity index (χ3v) is 5.67. The van der Waals surface area contributed by atoms with E-state index in [2.05, 4.69) is 4.98 Å². The maximum atomic E-state index is 12.9. The molecule has 1 atom stereocenters. The Labute approximate surface area is 156 Å². The van der Waals surface area contributed by atoms with Crippen LogP contribution < -0.4 is 5.73 Å². The first-order chi connectivity index (χ1) is 13.1. The van der Waals surface area contributed by atoms with Crippen LogP contribution in [-0.4, -0.2) is 31.9 Å². The molecule has 6 nitrogen and oxygen atoms in total. The van der Waals surface area contributed by atoms with Gasteiger partial charge >= 0.3 is 0 Å². The minimum absolute atomic E-state index is 0.0714. The van der Waals surface area contributed by atoms with Crippen molar-refractivity contribution < 1.29 is 9.90 Å². The lowest BCUT2D eigenvalue weighted by atomic mass is 9.91. The van der Waals surface area contributed by atoms with Gasteiger partial charge in [-0.2, -0.15) is 0 Å². The number of rotatable bonds is 2. The van der Waals surface area contributed by atoms with Crippen molar-refractivity contribution in [2.45, 2.75) is 38.5 Å². The summed E-state index contributed by atoms with van der Waals surface area (Å²) < 4.78 is 0. The smallest absolute Gasteiger partial charge is 0.260 e. The number of nitrogens with two attached hydrogens (primary N) is 1. The molecule has 3 aromatic rings. The molecule has 3 heterocycles. The largest absolute Gasteiger partial charge is 0.397 e. The second-order valence-corrected chi connectivity index (χ2v) is 7.32. The molecule has 27 heavy (non-hydrogen) atoms. The highest BCUT2D eigenvalue weighted by atomic mass is 16.3. The van der Waals surface area contributed by atoms with Gasteiger partial charge in [-0.3, -0.25) is 9.78 Å². The number of carbonyl (C=O) groups is 1. The summed E-state index contributed by atoms with van der Waals surface area (Å²) in [4.78, 5) is 23.8. The molecule has 2 aliphatic rings. The zero-order chi connectivity index (χ0) is 18.7. The van der Waals surface area contributed by atoms with Gasteiger partial charge < -0.3 is 15.7 Å². The van der Waals surface area contributed by atoms with Gasteiger partial charge in [-0.25, -0.2) is 4.98 Å². The number of para-hydroxylation sites is 1. The van der Waals surface area contributed by atoms with Gasteiger partial charge in [0, 0.05) is 22.7 Å². The van der Waals surface area contributed by atoms with Crippen LogP contribution in [0, 0.1) is 6.92 Å². The van der Waals surface area contributed by atoms with E-state index in [0.717, 1.165) is 36.2 Å². The molecule has 0 saturated heterocycles. The monoisotopic (exact) mass is 360 g/mol. The van der Waals surface area contributed by atoms with E-state index >= 15 is 0 Å². The Hall–Kier alpha value is -2.99. The molecule has 6 heteroatoms. The van der Waals surface area contributed by atoms with Gasteiger partial charge in [0.15, 0.2) is 6.23 Å². The summed E-state index contributed by atoms with van der Waals surface area (Å²) in [5, 5.41) is 11.5. The molecule has 0 spiro atoms. The predicted octanol–water partition coefficient (Wildman–Crippen LogP) is 3.19. The zero-order valence-corrected chi connectivity index (χ0v) is 15.0. The molecule has 5 rings (SSSR count). The number of aliphatic hydroxyl groups is 1. The maximum Gasteiger partial charge on any atom is 0.260 e. The van der Waals surface area contributed by atoms with Crippen molar-refractivity contribution in [3.8, 4) is 11.3 Å². The number of nitrogen functional groups attached to an aromatic ring is 1. The van der Waals surface area contributed by atoms with E-state index < -0.39 is 6.23 Å². The van der Waals surface area contributed by atoms with Crippen molar-refractivity contribution in [2.75, 3.05) is 5.73 Å². The molecule has 1 aliphatic heterocycles. The number of fused-ring (bicyclic) bond motifs is 2. The van der Waals surface area contributed by atoms with E-state index in [1.165, 1.54) is 0 Å². The summed E-state index contributed by atoms with van der Waals surface area (Å²) in [7, 11) is 0. The number of pyridine rings is 2. The van der Waals surface area contributed by atoms with E-state index in [1.54, 1.807) is 4.90 Å². The molecular formula is C21H20N4O2. The van der Waals surface area contributed by atoms with Crippen molar-refractivity contribution in [3.05, 3.63) is 53.3 Å². The summed E-state index contributed by atoms with van der Waals surface area (Å²) >= 11 is 0. The molecule has 1 saturated carbocycles. The van der Waals surface area contributed by atoms with Crippen LogP contribution in [0.4, 0.5) is 5.69 Å². The summed E-state index contributed by atoms with van der Waals surface area (Å²) in [6.45, 7) is 1.94. The van der Waals surface area contributed by atoms with Gasteiger partial charge in [0.1, 0.15) is 5.69 Å². The van der Waals surface area contributed by atoms with Crippen LogP contribution in [-0.2, 0) is 0 Å². The molecular weight excluding hydrogens is 340 g/mol. The Morgan fingerprint density at radius 3 is 2.63 bits per heavy atom. The standard InChI is InChI=1S/C21H20N4O2/c1-11-5-2-10-15(23-11)13-8-4-9-14-17(22)16-19(24-18(13)14)21(27)25(20(16)26)12-6-3-7-12/h2,4-5,8-10,12,21,27H,3,6-7H2,1H3,(H2,22,24). The summed E-state index contributed by atoms with van der Waals surface area (Å²) in [6.07, 6.45) is 1.86. The van der Waals surface area contributed by atoms with Gasteiger partial charge in [0.25, 0.3) is 5.91 Å². The van der Waals surface area contributed by atoms with E-state index in [9.17, 15) is 9.90 Å². The van der Waals surface area contributed by atoms with Gasteiger partial charge in [-0.15, -0.1) is 0 Å². The molecule has 136 valence electrons. The van der Waals surface area contributed by atoms with E-state index in [4.69, 9.17) is 10.7 Å². The fourth-order valence-corrected chi connectivity index (χ4v) is 4.04. The Balaban J connectivity index is 1.74. The number of benzene rings is 1. The van der Waals surface area contributed by atoms with Crippen molar-refractivity contribution >= 4 is 22.5 Å². The average Bonchev–Trinajstić information content (AvgIpc) is 2.85. The van der Waals surface area contributed by atoms with E-state index in [-0.39, 0.29) is 11.9 Å². The lowest BCUT2D eigenvalue weighted by Crippen LogP contribution is -2.42. The highest BCUT2D eigenvalue weighted by Gasteiger charge is 2.44. The van der Waals surface area contributed by atoms with Crippen LogP contribution in [0.25, 0.3) is 22.2 Å². The molecule has 1 aromatic carbocycles. The number of hydrogen-bond acceptors (Lipinski definition) is 5. The molecule has 3 N–H and O–H groups in total. The summed E-state index contributed by atoms with van der Waals surface area (Å²) in [5.41, 5.74) is 10.7. The maximum absolute atomic E-state index is 12.9. The number of hydrogen-bond donors (Lipinski definition) is 2. The Morgan fingerprint density at radius 1 is 1.15 bits per heavy atom. The number of nitrogens with zero attached hydrogens (tertiary/aromatic N) is 3. The number of aromatic nitrogens is 2. The lowest BCUT2D eigenvalue weighted by Gasteiger charge is -2.36. The Kier molecular flexibility index (Phi) is 3.45. The fraction of sp³-hybridized carbons (Fsp3) is 0.286. The zero-order valence-electron chi connectivity index (χ0n) is 15.0. The normalized spacial score (nSPS) is 19.4. The number of amides is 1. The second-order valence-electron chi connectivity index (χ2n) is 7.32. The first kappa shape index (κ1) is 16.2. The van der Waals surface area contributed by atoms with Crippen molar-refractivity contribution in [3.63, 3.8) is 0 Å². The minimum atomic E-state index is -1.04. The van der Waals surface area contributed by atoms with Crippen LogP contribution in [0.5, 0.6) is 0 Å². The number of aryl methyl sites for hydroxylation is 1. The Bertz CT molecular complexity index is 1090. The van der Waals surface area contributed by atoms with Crippen molar-refractivity contribution in [1.29, 1.82) is 0 Å². The quantitative estimate of drug-likeness (QED) is 0.732. The molecule has 2 aromatic heterocycles. The molecule has 0 bridgehead atoms. The third-order valence-electron chi connectivity index (χ3n) is 5.67. The molecule has 1 unspecified atom stereocenters. The van der Waals surface area contributed by atoms with Gasteiger partial charge in [0.2, 0.25) is 0 Å². The average molecular weight is 360 g/mol. The molecule has 1 fully saturated rings. The lowest BCUT2D eigenvalue weighted by molar-refractivity contribution is -0.0218. The SMILES string of the molecule is Cc1cccc(-c2cccc3c(N)c4c(nc23)C(O)N(C2CCC2)C4=O)n1. The number of anilines is 1. The van der Waals surface area contributed by atoms with Crippen LogP contribution >= 0.6 is 0 Å². The van der Waals surface area contributed by atoms with E-state index in [0.29, 0.717) is 27.8 Å². The molecule has 0 radical (unpaired) electrons. The first-order valence-corrected chi connectivity index (χ1v) is 9.23. The summed E-state index contributed by atoms with van der Waals surface area (Å²) in [6, 6.07) is 11.6. The van der Waals surface area contributed by atoms with Crippen molar-refractivity contribution in [1.82, 2.24) is 14.9 Å². The van der Waals surface area contributed by atoms with Crippen molar-refractivity contribution in [2.24, 2.45) is 0 Å². The third kappa shape index (κ3) is 2.26. The minimum Gasteiger partial charge on any atom is -0.397 e. The van der Waals surface area contributed by atoms with Crippen LogP contribution in [0.2, 0.25) is 0 Å².